The predicted molar refractivity (Wildman–Crippen MR) is 75.1 cm³/mol. The van der Waals surface area contributed by atoms with Crippen LogP contribution in [0.1, 0.15) is 23.2 Å². The zero-order valence-corrected chi connectivity index (χ0v) is 11.8. The van der Waals surface area contributed by atoms with Crippen LogP contribution in [0.25, 0.3) is 0 Å². The van der Waals surface area contributed by atoms with E-state index in [9.17, 15) is 10.1 Å². The zero-order valence-electron chi connectivity index (χ0n) is 11.0. The predicted octanol–water partition coefficient (Wildman–Crippen LogP) is 2.45. The van der Waals surface area contributed by atoms with Crippen molar-refractivity contribution in [2.75, 3.05) is 18.6 Å². The third-order valence-electron chi connectivity index (χ3n) is 2.75. The first kappa shape index (κ1) is 14.9. The molecule has 0 saturated carbocycles. The molecule has 0 unspecified atom stereocenters. The second kappa shape index (κ2) is 7.33. The van der Waals surface area contributed by atoms with Crippen LogP contribution in [0.5, 0.6) is 0 Å². The summed E-state index contributed by atoms with van der Waals surface area (Å²) in [6, 6.07) is 0. The van der Waals surface area contributed by atoms with Crippen molar-refractivity contribution in [2.45, 2.75) is 26.8 Å². The second-order valence-corrected chi connectivity index (χ2v) is 5.13. The van der Waals surface area contributed by atoms with Gasteiger partial charge in [-0.2, -0.15) is 11.8 Å². The molecule has 5 nitrogen and oxygen atoms in total. The van der Waals surface area contributed by atoms with Crippen LogP contribution in [0, 0.1) is 24.0 Å². The van der Waals surface area contributed by atoms with Crippen LogP contribution in [-0.2, 0) is 6.54 Å². The molecule has 100 valence electrons. The summed E-state index contributed by atoms with van der Waals surface area (Å²) in [4.78, 5) is 14.9. The molecule has 1 aromatic rings. The normalized spacial score (nSPS) is 10.6. The molecule has 0 aliphatic carbocycles. The summed E-state index contributed by atoms with van der Waals surface area (Å²) in [5, 5.41) is 14.2. The highest BCUT2D eigenvalue weighted by atomic mass is 32.2. The molecule has 0 spiro atoms. The van der Waals surface area contributed by atoms with Crippen molar-refractivity contribution in [1.82, 2.24) is 10.3 Å². The van der Waals surface area contributed by atoms with Crippen molar-refractivity contribution < 1.29 is 4.92 Å². The molecule has 0 saturated heterocycles. The summed E-state index contributed by atoms with van der Waals surface area (Å²) >= 11 is 1.81. The largest absolute Gasteiger partial charge is 0.311 e. The van der Waals surface area contributed by atoms with E-state index in [1.54, 1.807) is 20.0 Å². The van der Waals surface area contributed by atoms with Crippen LogP contribution in [0.15, 0.2) is 6.20 Å². The Balaban J connectivity index is 2.67. The van der Waals surface area contributed by atoms with Crippen molar-refractivity contribution >= 4 is 17.4 Å². The Hall–Kier alpha value is -1.14. The summed E-state index contributed by atoms with van der Waals surface area (Å²) in [7, 11) is 0. The molecule has 1 heterocycles. The van der Waals surface area contributed by atoms with Crippen molar-refractivity contribution in [3.8, 4) is 0 Å². The van der Waals surface area contributed by atoms with Crippen molar-refractivity contribution in [2.24, 2.45) is 0 Å². The molecule has 1 aromatic heterocycles. The molecule has 1 rings (SSSR count). The summed E-state index contributed by atoms with van der Waals surface area (Å²) in [6.45, 7) is 4.97. The Kier molecular flexibility index (Phi) is 6.07. The Labute approximate surface area is 112 Å². The summed E-state index contributed by atoms with van der Waals surface area (Å²) in [6.07, 6.45) is 4.74. The lowest BCUT2D eigenvalue weighted by Gasteiger charge is -2.08. The van der Waals surface area contributed by atoms with Gasteiger partial charge in [0.25, 0.3) is 5.69 Å². The first-order valence-corrected chi connectivity index (χ1v) is 7.26. The van der Waals surface area contributed by atoms with Crippen molar-refractivity contribution in [3.05, 3.63) is 33.1 Å². The van der Waals surface area contributed by atoms with Gasteiger partial charge in [-0.05, 0) is 38.8 Å². The van der Waals surface area contributed by atoms with Gasteiger partial charge in [0.1, 0.15) is 0 Å². The second-order valence-electron chi connectivity index (χ2n) is 4.14. The summed E-state index contributed by atoms with van der Waals surface area (Å²) < 4.78 is 0. The highest BCUT2D eigenvalue weighted by Gasteiger charge is 2.18. The first-order valence-electron chi connectivity index (χ1n) is 5.87. The maximum Gasteiger partial charge on any atom is 0.278 e. The van der Waals surface area contributed by atoms with E-state index in [1.165, 1.54) is 0 Å². The SMILES string of the molecule is CSCCCNCc1ncc(C)c([N+](=O)[O-])c1C. The number of pyridine rings is 1. The zero-order chi connectivity index (χ0) is 13.5. The lowest BCUT2D eigenvalue weighted by atomic mass is 10.1. The van der Waals surface area contributed by atoms with Gasteiger partial charge in [0.05, 0.1) is 10.6 Å². The lowest BCUT2D eigenvalue weighted by Crippen LogP contribution is -2.17. The van der Waals surface area contributed by atoms with E-state index in [0.29, 0.717) is 17.7 Å². The number of thioether (sulfide) groups is 1. The Bertz CT molecular complexity index is 424. The minimum absolute atomic E-state index is 0.186. The van der Waals surface area contributed by atoms with Gasteiger partial charge in [-0.25, -0.2) is 0 Å². The average Bonchev–Trinajstić information content (AvgIpc) is 2.31. The van der Waals surface area contributed by atoms with Gasteiger partial charge < -0.3 is 5.32 Å². The van der Waals surface area contributed by atoms with Crippen LogP contribution in [0.4, 0.5) is 5.69 Å². The van der Waals surface area contributed by atoms with E-state index < -0.39 is 0 Å². The number of aryl methyl sites for hydroxylation is 1. The van der Waals surface area contributed by atoms with E-state index in [0.717, 1.165) is 24.4 Å². The molecule has 0 aliphatic rings. The standard InChI is InChI=1S/C12H19N3O2S/c1-9-7-14-11(8-13-5-4-6-18-3)10(2)12(9)15(16)17/h7,13H,4-6,8H2,1-3H3. The molecule has 0 bridgehead atoms. The van der Waals surface area contributed by atoms with E-state index >= 15 is 0 Å². The molecule has 6 heteroatoms. The van der Waals surface area contributed by atoms with Gasteiger partial charge in [0, 0.05) is 23.9 Å². The van der Waals surface area contributed by atoms with Crippen LogP contribution < -0.4 is 5.32 Å². The van der Waals surface area contributed by atoms with E-state index in [4.69, 9.17) is 0 Å². The first-order chi connectivity index (χ1) is 8.57. The van der Waals surface area contributed by atoms with Crippen LogP contribution in [-0.4, -0.2) is 28.5 Å². The molecule has 0 amide bonds. The van der Waals surface area contributed by atoms with Gasteiger partial charge in [-0.15, -0.1) is 0 Å². The number of hydrogen-bond acceptors (Lipinski definition) is 5. The number of nitrogens with zero attached hydrogens (tertiary/aromatic N) is 2. The Morgan fingerprint density at radius 2 is 2.22 bits per heavy atom. The van der Waals surface area contributed by atoms with Gasteiger partial charge in [0.2, 0.25) is 0 Å². The van der Waals surface area contributed by atoms with Gasteiger partial charge in [0.15, 0.2) is 0 Å². The maximum atomic E-state index is 11.0. The highest BCUT2D eigenvalue weighted by molar-refractivity contribution is 7.98. The molecule has 0 aromatic carbocycles. The van der Waals surface area contributed by atoms with Crippen LogP contribution in [0.2, 0.25) is 0 Å². The summed E-state index contributed by atoms with van der Waals surface area (Å²) in [5.74, 6) is 1.12. The van der Waals surface area contributed by atoms with Crippen molar-refractivity contribution in [3.63, 3.8) is 0 Å². The van der Waals surface area contributed by atoms with Gasteiger partial charge >= 0.3 is 0 Å². The topological polar surface area (TPSA) is 68.1 Å². The molecular weight excluding hydrogens is 250 g/mol. The quantitative estimate of drug-likeness (QED) is 0.468. The fourth-order valence-electron chi connectivity index (χ4n) is 1.77. The molecule has 0 radical (unpaired) electrons. The molecule has 18 heavy (non-hydrogen) atoms. The number of aromatic nitrogens is 1. The summed E-state index contributed by atoms with van der Waals surface area (Å²) in [5.41, 5.74) is 2.23. The van der Waals surface area contributed by atoms with Crippen LogP contribution >= 0.6 is 11.8 Å². The molecule has 0 atom stereocenters. The van der Waals surface area contributed by atoms with E-state index in [-0.39, 0.29) is 10.6 Å². The Morgan fingerprint density at radius 1 is 1.50 bits per heavy atom. The number of nitrogens with one attached hydrogen (secondary N) is 1. The number of hydrogen-bond donors (Lipinski definition) is 1. The minimum Gasteiger partial charge on any atom is -0.311 e. The highest BCUT2D eigenvalue weighted by Crippen LogP contribution is 2.23. The lowest BCUT2D eigenvalue weighted by molar-refractivity contribution is -0.386. The monoisotopic (exact) mass is 269 g/mol. The molecule has 0 fully saturated rings. The van der Waals surface area contributed by atoms with E-state index in [1.807, 2.05) is 11.8 Å². The van der Waals surface area contributed by atoms with E-state index in [2.05, 4.69) is 16.6 Å². The fourth-order valence-corrected chi connectivity index (χ4v) is 2.21. The van der Waals surface area contributed by atoms with Crippen LogP contribution in [0.3, 0.4) is 0 Å². The molecule has 0 aliphatic heterocycles. The average molecular weight is 269 g/mol. The molecular formula is C12H19N3O2S. The smallest absolute Gasteiger partial charge is 0.278 e. The number of nitro groups is 1. The maximum absolute atomic E-state index is 11.0. The fraction of sp³-hybridized carbons (Fsp3) is 0.583. The van der Waals surface area contributed by atoms with Gasteiger partial charge in [-0.3, -0.25) is 15.1 Å². The minimum atomic E-state index is -0.330. The van der Waals surface area contributed by atoms with Crippen molar-refractivity contribution in [1.29, 1.82) is 0 Å². The molecule has 1 N–H and O–H groups in total. The van der Waals surface area contributed by atoms with Gasteiger partial charge in [-0.1, -0.05) is 0 Å². The number of rotatable bonds is 7. The third-order valence-corrected chi connectivity index (χ3v) is 3.45. The third kappa shape index (κ3) is 3.96. The Morgan fingerprint density at radius 3 is 2.83 bits per heavy atom.